The maximum absolute atomic E-state index is 12.3. The molecule has 1 aliphatic carbocycles. The average molecular weight is 214 g/mol. The number of benzene rings is 1. The number of anilines is 1. The lowest BCUT2D eigenvalue weighted by molar-refractivity contribution is 0.525. The highest BCUT2D eigenvalue weighted by molar-refractivity contribution is 5.83. The van der Waals surface area contributed by atoms with Crippen molar-refractivity contribution in [1.29, 1.82) is 0 Å². The van der Waals surface area contributed by atoms with Gasteiger partial charge in [-0.25, -0.2) is 0 Å². The topological polar surface area (TPSA) is 48.0 Å². The van der Waals surface area contributed by atoms with Gasteiger partial charge in [-0.15, -0.1) is 0 Å². The maximum Gasteiger partial charge on any atom is 0.260 e. The maximum atomic E-state index is 12.3. The fraction of sp³-hybridized carbons (Fsp3) is 0.308. The molecule has 16 heavy (non-hydrogen) atoms. The summed E-state index contributed by atoms with van der Waals surface area (Å²) < 4.78 is 1.75. The summed E-state index contributed by atoms with van der Waals surface area (Å²) >= 11 is 0. The Kier molecular flexibility index (Phi) is 1.70. The molecule has 1 aliphatic rings. The lowest BCUT2D eigenvalue weighted by atomic mass is 10.1. The molecule has 0 radical (unpaired) electrons. The highest BCUT2D eigenvalue weighted by Crippen LogP contribution is 2.43. The molecule has 0 aliphatic heterocycles. The Bertz CT molecular complexity index is 623. The van der Waals surface area contributed by atoms with Gasteiger partial charge in [0.2, 0.25) is 0 Å². The second-order valence-electron chi connectivity index (χ2n) is 4.79. The van der Waals surface area contributed by atoms with E-state index in [0.29, 0.717) is 5.82 Å². The molecule has 0 unspecified atom stereocenters. The van der Waals surface area contributed by atoms with Crippen LogP contribution in [0.1, 0.15) is 19.8 Å². The largest absolute Gasteiger partial charge is 0.385 e. The van der Waals surface area contributed by atoms with Crippen LogP contribution in [-0.2, 0) is 5.54 Å². The average Bonchev–Trinajstić information content (AvgIpc) is 2.97. The summed E-state index contributed by atoms with van der Waals surface area (Å²) in [5.41, 5.74) is 5.96. The molecule has 82 valence electrons. The molecule has 1 aromatic heterocycles. The van der Waals surface area contributed by atoms with Crippen molar-refractivity contribution in [2.45, 2.75) is 25.3 Å². The van der Waals surface area contributed by atoms with Crippen LogP contribution in [0.2, 0.25) is 0 Å². The number of pyridine rings is 1. The summed E-state index contributed by atoms with van der Waals surface area (Å²) in [5.74, 6) is 0.573. The van der Waals surface area contributed by atoms with Gasteiger partial charge in [-0.2, -0.15) is 0 Å². The Morgan fingerprint density at radius 2 is 2.00 bits per heavy atom. The number of hydrogen-bond donors (Lipinski definition) is 1. The minimum Gasteiger partial charge on any atom is -0.385 e. The molecule has 1 saturated carbocycles. The minimum atomic E-state index is -0.0504. The minimum absolute atomic E-state index is 0.0376. The fourth-order valence-electron chi connectivity index (χ4n) is 2.24. The molecule has 3 rings (SSSR count). The predicted octanol–water partition coefficient (Wildman–Crippen LogP) is 2.09. The Hall–Kier alpha value is -1.77. The van der Waals surface area contributed by atoms with E-state index in [1.807, 2.05) is 30.3 Å². The third kappa shape index (κ3) is 1.18. The van der Waals surface area contributed by atoms with Gasteiger partial charge in [-0.1, -0.05) is 18.2 Å². The van der Waals surface area contributed by atoms with Gasteiger partial charge in [-0.05, 0) is 37.3 Å². The molecule has 0 saturated heterocycles. The third-order valence-electron chi connectivity index (χ3n) is 3.47. The zero-order valence-electron chi connectivity index (χ0n) is 9.23. The lowest BCUT2D eigenvalue weighted by Gasteiger charge is -2.17. The van der Waals surface area contributed by atoms with Crippen molar-refractivity contribution in [2.24, 2.45) is 0 Å². The number of nitrogen functional groups attached to an aromatic ring is 1. The lowest BCUT2D eigenvalue weighted by Crippen LogP contribution is -2.30. The summed E-state index contributed by atoms with van der Waals surface area (Å²) in [6.07, 6.45) is 2.07. The van der Waals surface area contributed by atoms with Crippen LogP contribution in [-0.4, -0.2) is 4.57 Å². The third-order valence-corrected chi connectivity index (χ3v) is 3.47. The fourth-order valence-corrected chi connectivity index (χ4v) is 2.24. The van der Waals surface area contributed by atoms with Crippen molar-refractivity contribution >= 4 is 16.6 Å². The molecule has 2 aromatic rings. The second kappa shape index (κ2) is 2.88. The van der Waals surface area contributed by atoms with Crippen LogP contribution in [0.3, 0.4) is 0 Å². The van der Waals surface area contributed by atoms with Gasteiger partial charge >= 0.3 is 0 Å². The Balaban J connectivity index is 2.42. The zero-order valence-corrected chi connectivity index (χ0v) is 9.23. The van der Waals surface area contributed by atoms with Crippen molar-refractivity contribution in [1.82, 2.24) is 4.57 Å². The first kappa shape index (κ1) is 9.46. The molecule has 3 nitrogen and oxygen atoms in total. The molecule has 0 spiro atoms. The van der Waals surface area contributed by atoms with Gasteiger partial charge < -0.3 is 5.73 Å². The van der Waals surface area contributed by atoms with Crippen molar-refractivity contribution in [2.75, 3.05) is 5.73 Å². The van der Waals surface area contributed by atoms with Crippen LogP contribution in [0.15, 0.2) is 35.1 Å². The van der Waals surface area contributed by atoms with Crippen molar-refractivity contribution in [3.63, 3.8) is 0 Å². The molecule has 3 heteroatoms. The molecule has 1 fully saturated rings. The van der Waals surface area contributed by atoms with E-state index in [1.165, 1.54) is 0 Å². The first-order valence-corrected chi connectivity index (χ1v) is 5.53. The second-order valence-corrected chi connectivity index (χ2v) is 4.79. The van der Waals surface area contributed by atoms with Crippen molar-refractivity contribution in [3.05, 3.63) is 40.7 Å². The number of fused-ring (bicyclic) bond motifs is 1. The molecule has 1 aromatic carbocycles. The SMILES string of the molecule is CC1(n2c(N)cc3ccccc3c2=O)CC1. The standard InChI is InChI=1S/C13H14N2O/c1-13(6-7-13)15-11(14)8-9-4-2-3-5-10(9)12(15)16/h2-5,8H,6-7,14H2,1H3. The van der Waals surface area contributed by atoms with E-state index in [-0.39, 0.29) is 11.1 Å². The highest BCUT2D eigenvalue weighted by Gasteiger charge is 2.41. The molecule has 0 atom stereocenters. The number of aromatic nitrogens is 1. The summed E-state index contributed by atoms with van der Waals surface area (Å²) in [4.78, 5) is 12.3. The van der Waals surface area contributed by atoms with E-state index in [0.717, 1.165) is 23.6 Å². The van der Waals surface area contributed by atoms with Gasteiger partial charge in [-0.3, -0.25) is 9.36 Å². The molecule has 0 amide bonds. The number of nitrogens with zero attached hydrogens (tertiary/aromatic N) is 1. The quantitative estimate of drug-likeness (QED) is 0.790. The van der Waals surface area contributed by atoms with E-state index < -0.39 is 0 Å². The molecular formula is C13H14N2O. The Labute approximate surface area is 93.5 Å². The predicted molar refractivity (Wildman–Crippen MR) is 65.5 cm³/mol. The Morgan fingerprint density at radius 3 is 2.69 bits per heavy atom. The van der Waals surface area contributed by atoms with Crippen LogP contribution in [0.5, 0.6) is 0 Å². The highest BCUT2D eigenvalue weighted by atomic mass is 16.1. The van der Waals surface area contributed by atoms with E-state index in [2.05, 4.69) is 6.92 Å². The van der Waals surface area contributed by atoms with E-state index in [1.54, 1.807) is 4.57 Å². The number of nitrogens with two attached hydrogens (primary N) is 1. The summed E-state index contributed by atoms with van der Waals surface area (Å²) in [6, 6.07) is 9.48. The van der Waals surface area contributed by atoms with Crippen molar-refractivity contribution in [3.8, 4) is 0 Å². The molecule has 1 heterocycles. The number of hydrogen-bond acceptors (Lipinski definition) is 2. The summed E-state index contributed by atoms with van der Waals surface area (Å²) in [7, 11) is 0. The number of rotatable bonds is 1. The van der Waals surface area contributed by atoms with Crippen LogP contribution >= 0.6 is 0 Å². The normalized spacial score (nSPS) is 17.6. The molecular weight excluding hydrogens is 200 g/mol. The van der Waals surface area contributed by atoms with E-state index in [9.17, 15) is 4.79 Å². The van der Waals surface area contributed by atoms with Crippen LogP contribution < -0.4 is 11.3 Å². The monoisotopic (exact) mass is 214 g/mol. The van der Waals surface area contributed by atoms with Crippen LogP contribution in [0, 0.1) is 0 Å². The zero-order chi connectivity index (χ0) is 11.3. The smallest absolute Gasteiger partial charge is 0.260 e. The molecule has 0 bridgehead atoms. The summed E-state index contributed by atoms with van der Waals surface area (Å²) in [6.45, 7) is 2.08. The van der Waals surface area contributed by atoms with Gasteiger partial charge in [0, 0.05) is 10.9 Å². The van der Waals surface area contributed by atoms with Crippen LogP contribution in [0.25, 0.3) is 10.8 Å². The van der Waals surface area contributed by atoms with Gasteiger partial charge in [0.1, 0.15) is 5.82 Å². The van der Waals surface area contributed by atoms with Gasteiger partial charge in [0.05, 0.1) is 0 Å². The van der Waals surface area contributed by atoms with Crippen molar-refractivity contribution < 1.29 is 0 Å². The summed E-state index contributed by atoms with van der Waals surface area (Å²) in [5, 5.41) is 1.68. The van der Waals surface area contributed by atoms with E-state index in [4.69, 9.17) is 5.73 Å². The first-order chi connectivity index (χ1) is 7.62. The van der Waals surface area contributed by atoms with Crippen LogP contribution in [0.4, 0.5) is 5.82 Å². The molecule has 2 N–H and O–H groups in total. The van der Waals surface area contributed by atoms with E-state index >= 15 is 0 Å². The van der Waals surface area contributed by atoms with Gasteiger partial charge in [0.25, 0.3) is 5.56 Å². The first-order valence-electron chi connectivity index (χ1n) is 5.53. The Morgan fingerprint density at radius 1 is 1.31 bits per heavy atom. The van der Waals surface area contributed by atoms with Gasteiger partial charge in [0.15, 0.2) is 0 Å².